The first kappa shape index (κ1) is 17.3. The maximum Gasteiger partial charge on any atom is 0.308 e. The summed E-state index contributed by atoms with van der Waals surface area (Å²) in [5.41, 5.74) is 3.55. The highest BCUT2D eigenvalue weighted by atomic mass is 32.1. The second kappa shape index (κ2) is 8.54. The number of amidine groups is 1. The van der Waals surface area contributed by atoms with E-state index < -0.39 is 0 Å². The Morgan fingerprint density at radius 1 is 0.840 bits per heavy atom. The molecular weight excluding hydrogens is 324 g/mol. The number of thiol groups is 1. The van der Waals surface area contributed by atoms with Gasteiger partial charge in [0.2, 0.25) is 0 Å². The lowest BCUT2D eigenvalue weighted by Crippen LogP contribution is -2.26. The van der Waals surface area contributed by atoms with E-state index in [2.05, 4.69) is 65.3 Å². The van der Waals surface area contributed by atoms with Crippen LogP contribution in [0.5, 0.6) is 0 Å². The zero-order chi connectivity index (χ0) is 17.5. The lowest BCUT2D eigenvalue weighted by molar-refractivity contribution is -0.581. The van der Waals surface area contributed by atoms with Crippen molar-refractivity contribution in [3.05, 3.63) is 102 Å². The van der Waals surface area contributed by atoms with Crippen LogP contribution in [0, 0.1) is 0 Å². The third-order valence-corrected chi connectivity index (χ3v) is 4.62. The van der Waals surface area contributed by atoms with E-state index in [4.69, 9.17) is 12.6 Å². The molecule has 3 aromatic carbocycles. The third-order valence-electron chi connectivity index (χ3n) is 4.25. The van der Waals surface area contributed by atoms with Gasteiger partial charge in [-0.2, -0.15) is 0 Å². The third kappa shape index (κ3) is 4.74. The topological polar surface area (TPSA) is 15.0 Å². The summed E-state index contributed by atoms with van der Waals surface area (Å²) in [6.45, 7) is 3.00. The molecule has 2 nitrogen and oxygen atoms in total. The minimum atomic E-state index is 0.199. The Morgan fingerprint density at radius 2 is 1.36 bits per heavy atom. The molecule has 1 atom stereocenters. The fraction of sp³-hybridized carbons (Fsp3) is 0.136. The molecule has 0 radical (unpaired) electrons. The van der Waals surface area contributed by atoms with Crippen LogP contribution in [-0.2, 0) is 6.54 Å². The molecule has 0 aromatic heterocycles. The van der Waals surface area contributed by atoms with Crippen molar-refractivity contribution in [2.45, 2.75) is 19.5 Å². The van der Waals surface area contributed by atoms with Gasteiger partial charge in [-0.05, 0) is 30.2 Å². The molecule has 0 aliphatic carbocycles. The summed E-state index contributed by atoms with van der Waals surface area (Å²) in [5.74, 6) is 0. The number of benzene rings is 3. The van der Waals surface area contributed by atoms with Crippen LogP contribution >= 0.6 is 12.6 Å². The molecule has 0 spiro atoms. The Hall–Kier alpha value is -2.52. The van der Waals surface area contributed by atoms with Crippen LogP contribution in [-0.4, -0.2) is 9.74 Å². The maximum absolute atomic E-state index is 4.79. The standard InChI is InChI=1S/C22H22N2S/c1-18(20-13-7-3-8-14-20)24(17-19-11-5-2-6-12-19)22(25)23-21-15-9-4-10-16-21/h2-16,18H,17H2,1H3,(H,23,25)/p+1/t18-/m0/s1. The minimum Gasteiger partial charge on any atom is -0.245 e. The number of rotatable bonds is 5. The van der Waals surface area contributed by atoms with E-state index in [1.807, 2.05) is 42.5 Å². The van der Waals surface area contributed by atoms with Gasteiger partial charge in [-0.25, -0.2) is 9.89 Å². The number of para-hydroxylation sites is 1. The van der Waals surface area contributed by atoms with Gasteiger partial charge in [0.05, 0.1) is 0 Å². The average molecular weight is 348 g/mol. The largest absolute Gasteiger partial charge is 0.308 e. The second-order valence-electron chi connectivity index (χ2n) is 6.01. The zero-order valence-electron chi connectivity index (χ0n) is 14.3. The molecule has 0 saturated heterocycles. The van der Waals surface area contributed by atoms with Gasteiger partial charge in [0.25, 0.3) is 0 Å². The van der Waals surface area contributed by atoms with E-state index in [0.717, 1.165) is 17.4 Å². The van der Waals surface area contributed by atoms with E-state index in [1.165, 1.54) is 11.1 Å². The smallest absolute Gasteiger partial charge is 0.245 e. The zero-order valence-corrected chi connectivity index (χ0v) is 15.2. The molecule has 3 heteroatoms. The van der Waals surface area contributed by atoms with Crippen molar-refractivity contribution >= 4 is 23.5 Å². The Morgan fingerprint density at radius 3 is 1.96 bits per heavy atom. The molecule has 0 aliphatic rings. The molecule has 0 unspecified atom stereocenters. The Balaban J connectivity index is 1.94. The van der Waals surface area contributed by atoms with Gasteiger partial charge in [0.15, 0.2) is 0 Å². The van der Waals surface area contributed by atoms with Crippen LogP contribution in [0.1, 0.15) is 24.1 Å². The summed E-state index contributed by atoms with van der Waals surface area (Å²) in [7, 11) is 0. The van der Waals surface area contributed by atoms with Crippen molar-refractivity contribution in [3.63, 3.8) is 0 Å². The van der Waals surface area contributed by atoms with Crippen LogP contribution in [0.2, 0.25) is 0 Å². The summed E-state index contributed by atoms with van der Waals surface area (Å²) in [5, 5.41) is 4.26. The van der Waals surface area contributed by atoms with Crippen molar-refractivity contribution in [3.8, 4) is 0 Å². The van der Waals surface area contributed by atoms with Crippen molar-refractivity contribution in [1.82, 2.24) is 0 Å². The van der Waals surface area contributed by atoms with Crippen molar-refractivity contribution in [2.75, 3.05) is 5.32 Å². The molecule has 0 amide bonds. The normalized spacial score (nSPS) is 13.0. The highest BCUT2D eigenvalue weighted by Crippen LogP contribution is 2.20. The molecule has 3 aromatic rings. The van der Waals surface area contributed by atoms with Crippen molar-refractivity contribution in [1.29, 1.82) is 0 Å². The van der Waals surface area contributed by atoms with E-state index >= 15 is 0 Å². The molecular formula is C22H23N2S+. The first-order chi connectivity index (χ1) is 12.2. The lowest BCUT2D eigenvalue weighted by atomic mass is 10.1. The van der Waals surface area contributed by atoms with Crippen LogP contribution in [0.4, 0.5) is 5.69 Å². The predicted octanol–water partition coefficient (Wildman–Crippen LogP) is 5.36. The summed E-state index contributed by atoms with van der Waals surface area (Å²) in [6.07, 6.45) is 0. The fourth-order valence-electron chi connectivity index (χ4n) is 2.81. The van der Waals surface area contributed by atoms with Gasteiger partial charge >= 0.3 is 5.17 Å². The van der Waals surface area contributed by atoms with E-state index in [0.29, 0.717) is 0 Å². The molecule has 0 bridgehead atoms. The first-order valence-electron chi connectivity index (χ1n) is 8.47. The lowest BCUT2D eigenvalue weighted by Gasteiger charge is -2.18. The van der Waals surface area contributed by atoms with Gasteiger partial charge in [-0.1, -0.05) is 91.5 Å². The molecule has 0 fully saturated rings. The summed E-state index contributed by atoms with van der Waals surface area (Å²) in [6, 6.07) is 31.3. The van der Waals surface area contributed by atoms with Crippen molar-refractivity contribution < 1.29 is 4.58 Å². The van der Waals surface area contributed by atoms with E-state index in [-0.39, 0.29) is 6.04 Å². The Bertz CT molecular complexity index is 814. The quantitative estimate of drug-likeness (QED) is 0.275. The fourth-order valence-corrected chi connectivity index (χ4v) is 3.18. The van der Waals surface area contributed by atoms with Gasteiger partial charge in [0, 0.05) is 0 Å². The van der Waals surface area contributed by atoms with Gasteiger partial charge < -0.3 is 0 Å². The molecule has 0 saturated carbocycles. The minimum absolute atomic E-state index is 0.199. The van der Waals surface area contributed by atoms with Gasteiger partial charge in [0.1, 0.15) is 18.3 Å². The van der Waals surface area contributed by atoms with Crippen LogP contribution in [0.25, 0.3) is 0 Å². The highest BCUT2D eigenvalue weighted by molar-refractivity contribution is 7.97. The van der Waals surface area contributed by atoms with Gasteiger partial charge in [-0.3, -0.25) is 0 Å². The number of nitrogens with one attached hydrogen (secondary N) is 1. The van der Waals surface area contributed by atoms with Crippen LogP contribution in [0.3, 0.4) is 0 Å². The summed E-state index contributed by atoms with van der Waals surface area (Å²) >= 11 is 4.79. The van der Waals surface area contributed by atoms with Crippen LogP contribution < -0.4 is 5.32 Å². The molecule has 0 heterocycles. The van der Waals surface area contributed by atoms with Gasteiger partial charge in [-0.15, -0.1) is 0 Å². The van der Waals surface area contributed by atoms with E-state index in [9.17, 15) is 0 Å². The summed E-state index contributed by atoms with van der Waals surface area (Å²) < 4.78 is 2.28. The predicted molar refractivity (Wildman–Crippen MR) is 109 cm³/mol. The molecule has 25 heavy (non-hydrogen) atoms. The Kier molecular flexibility index (Phi) is 5.91. The number of anilines is 1. The molecule has 0 aliphatic heterocycles. The molecule has 126 valence electrons. The number of hydrogen-bond donors (Lipinski definition) is 2. The second-order valence-corrected chi connectivity index (χ2v) is 6.44. The maximum atomic E-state index is 4.79. The average Bonchev–Trinajstić information content (AvgIpc) is 2.68. The van der Waals surface area contributed by atoms with E-state index in [1.54, 1.807) is 0 Å². The SMILES string of the molecule is C[C@@H](c1ccccc1)[N+](Cc1ccccc1)=C(S)Nc1ccccc1. The molecule has 3 rings (SSSR count). The van der Waals surface area contributed by atoms with Crippen molar-refractivity contribution in [2.24, 2.45) is 0 Å². The molecule has 1 N–H and O–H groups in total. The Labute approximate surface area is 155 Å². The van der Waals surface area contributed by atoms with Crippen LogP contribution in [0.15, 0.2) is 91.0 Å². The summed E-state index contributed by atoms with van der Waals surface area (Å²) in [4.78, 5) is 0. The highest BCUT2D eigenvalue weighted by Gasteiger charge is 2.19. The number of hydrogen-bond acceptors (Lipinski definition) is 0. The first-order valence-corrected chi connectivity index (χ1v) is 8.92. The monoisotopic (exact) mass is 347 g/mol. The number of nitrogens with zero attached hydrogens (tertiary/aromatic N) is 1.